The van der Waals surface area contributed by atoms with Crippen LogP contribution in [0.4, 0.5) is 17.6 Å². The number of rotatable bonds is 13. The quantitative estimate of drug-likeness (QED) is 0.0986. The number of aromatic nitrogens is 2. The summed E-state index contributed by atoms with van der Waals surface area (Å²) in [7, 11) is 0. The van der Waals surface area contributed by atoms with E-state index in [1.165, 1.54) is 35.7 Å². The van der Waals surface area contributed by atoms with Crippen molar-refractivity contribution in [1.29, 1.82) is 0 Å². The molecule has 0 saturated heterocycles. The summed E-state index contributed by atoms with van der Waals surface area (Å²) in [6.45, 7) is 7.33. The van der Waals surface area contributed by atoms with Crippen molar-refractivity contribution < 1.29 is 41.8 Å². The molecular weight excluding hydrogens is 702 g/mol. The average molecular weight is 744 g/mol. The highest BCUT2D eigenvalue weighted by Crippen LogP contribution is 2.40. The van der Waals surface area contributed by atoms with E-state index in [-0.39, 0.29) is 53.8 Å². The standard InChI is InChI=1S/C37H41F4N5O5S/c1-5-19(3)29(44-28(47)16-21-10-7-8-13-25(21)38)32(48)46-36(35(51)45-30(20(4)6-2)33-43-27(18-52-33)34(49)50)15-14-26-23(17-36)22-11-9-12-24(31(22)42-26)37(39,40)41/h7-13,18-20,29-30,42H,5-6,14-17H2,1-4H3,(H,44,47)(H,45,51)(H,46,48)(H,49,50)/t19-,20-,29-,30-,36?/m0/s1. The number of carbonyl (C=O) groups is 4. The van der Waals surface area contributed by atoms with Crippen LogP contribution in [-0.2, 0) is 39.8 Å². The second-order valence-electron chi connectivity index (χ2n) is 13.5. The molecule has 0 bridgehead atoms. The molecule has 5 N–H and O–H groups in total. The van der Waals surface area contributed by atoms with Gasteiger partial charge in [0, 0.05) is 22.9 Å². The molecule has 5 atom stereocenters. The van der Waals surface area contributed by atoms with Gasteiger partial charge in [-0.25, -0.2) is 14.2 Å². The maximum absolute atomic E-state index is 14.7. The van der Waals surface area contributed by atoms with Crippen LogP contribution >= 0.6 is 11.3 Å². The number of aromatic amines is 1. The first-order valence-corrected chi connectivity index (χ1v) is 18.0. The fraction of sp³-hybridized carbons (Fsp3) is 0.432. The molecule has 278 valence electrons. The maximum Gasteiger partial charge on any atom is 0.418 e. The molecule has 1 unspecified atom stereocenters. The number of H-pyrrole nitrogens is 1. The third kappa shape index (κ3) is 7.98. The second-order valence-corrected chi connectivity index (χ2v) is 14.4. The third-order valence-electron chi connectivity index (χ3n) is 10.0. The molecule has 52 heavy (non-hydrogen) atoms. The van der Waals surface area contributed by atoms with Gasteiger partial charge in [0.15, 0.2) is 5.69 Å². The maximum atomic E-state index is 14.7. The van der Waals surface area contributed by atoms with Gasteiger partial charge in [-0.3, -0.25) is 14.4 Å². The van der Waals surface area contributed by atoms with Crippen molar-refractivity contribution in [3.63, 3.8) is 0 Å². The number of aryl methyl sites for hydroxylation is 1. The van der Waals surface area contributed by atoms with Gasteiger partial charge in [-0.2, -0.15) is 13.2 Å². The lowest BCUT2D eigenvalue weighted by molar-refractivity contribution is -0.137. The number of halogens is 4. The fourth-order valence-corrected chi connectivity index (χ4v) is 7.59. The summed E-state index contributed by atoms with van der Waals surface area (Å²) in [6.07, 6.45) is -4.03. The van der Waals surface area contributed by atoms with Crippen molar-refractivity contribution in [2.45, 2.75) is 90.0 Å². The number of nitrogens with one attached hydrogen (secondary N) is 4. The highest BCUT2D eigenvalue weighted by atomic mass is 32.1. The molecule has 2 aromatic heterocycles. The van der Waals surface area contributed by atoms with Crippen LogP contribution < -0.4 is 16.0 Å². The molecule has 1 aliphatic rings. The summed E-state index contributed by atoms with van der Waals surface area (Å²) in [6, 6.07) is 7.68. The van der Waals surface area contributed by atoms with Crippen molar-refractivity contribution in [3.8, 4) is 0 Å². The monoisotopic (exact) mass is 743 g/mol. The van der Waals surface area contributed by atoms with Gasteiger partial charge >= 0.3 is 12.1 Å². The summed E-state index contributed by atoms with van der Waals surface area (Å²) in [5, 5.41) is 20.1. The molecule has 0 saturated carbocycles. The van der Waals surface area contributed by atoms with E-state index in [1.54, 1.807) is 13.0 Å². The number of amides is 3. The first kappa shape index (κ1) is 38.4. The molecule has 4 aromatic rings. The number of aromatic carboxylic acids is 1. The zero-order valence-corrected chi connectivity index (χ0v) is 29.9. The Morgan fingerprint density at radius 3 is 2.37 bits per heavy atom. The minimum absolute atomic E-state index is 0.00633. The Balaban J connectivity index is 1.53. The van der Waals surface area contributed by atoms with E-state index in [1.807, 2.05) is 20.8 Å². The predicted molar refractivity (Wildman–Crippen MR) is 187 cm³/mol. The van der Waals surface area contributed by atoms with Gasteiger partial charge in [0.05, 0.1) is 23.5 Å². The largest absolute Gasteiger partial charge is 0.476 e. The lowest BCUT2D eigenvalue weighted by atomic mass is 9.78. The van der Waals surface area contributed by atoms with Crippen LogP contribution in [-0.4, -0.2) is 50.3 Å². The Morgan fingerprint density at radius 2 is 1.73 bits per heavy atom. The van der Waals surface area contributed by atoms with Crippen LogP contribution in [0.5, 0.6) is 0 Å². The number of fused-ring (bicyclic) bond motifs is 3. The van der Waals surface area contributed by atoms with Gasteiger partial charge in [-0.15, -0.1) is 11.3 Å². The van der Waals surface area contributed by atoms with E-state index >= 15 is 0 Å². The highest BCUT2D eigenvalue weighted by molar-refractivity contribution is 7.09. The minimum Gasteiger partial charge on any atom is -0.476 e. The van der Waals surface area contributed by atoms with Crippen LogP contribution in [0.25, 0.3) is 10.9 Å². The summed E-state index contributed by atoms with van der Waals surface area (Å²) in [4.78, 5) is 60.9. The number of benzene rings is 2. The second kappa shape index (κ2) is 15.4. The number of hydrogen-bond donors (Lipinski definition) is 5. The Labute approximate surface area is 301 Å². The number of para-hydroxylation sites is 1. The highest BCUT2D eigenvalue weighted by Gasteiger charge is 2.47. The van der Waals surface area contributed by atoms with E-state index in [9.17, 15) is 41.8 Å². The summed E-state index contributed by atoms with van der Waals surface area (Å²) < 4.78 is 56.4. The topological polar surface area (TPSA) is 153 Å². The molecule has 1 aliphatic carbocycles. The van der Waals surface area contributed by atoms with Gasteiger partial charge in [0.2, 0.25) is 17.7 Å². The van der Waals surface area contributed by atoms with Crippen LogP contribution in [0.1, 0.15) is 90.9 Å². The first-order valence-electron chi connectivity index (χ1n) is 17.1. The molecule has 0 fully saturated rings. The number of hydrogen-bond acceptors (Lipinski definition) is 6. The Bertz CT molecular complexity index is 1980. The molecule has 2 aromatic carbocycles. The van der Waals surface area contributed by atoms with Crippen molar-refractivity contribution in [3.05, 3.63) is 86.7 Å². The van der Waals surface area contributed by atoms with Crippen LogP contribution in [0, 0.1) is 17.7 Å². The van der Waals surface area contributed by atoms with Gasteiger partial charge < -0.3 is 26.0 Å². The smallest absolute Gasteiger partial charge is 0.418 e. The SMILES string of the molecule is CC[C@H](C)[C@H](NC(=O)Cc1ccccc1F)C(=O)NC1(C(=O)N[C@H](c2nc(C(=O)O)cs2)[C@@H](C)CC)CCc2[nH]c3c(C(F)(F)F)cccc3c2C1. The summed E-state index contributed by atoms with van der Waals surface area (Å²) in [5.41, 5.74) is -1.78. The minimum atomic E-state index is -4.65. The predicted octanol–water partition coefficient (Wildman–Crippen LogP) is 6.50. The third-order valence-corrected chi connectivity index (χ3v) is 11.0. The average Bonchev–Trinajstić information content (AvgIpc) is 3.74. The van der Waals surface area contributed by atoms with Crippen molar-refractivity contribution in [2.75, 3.05) is 0 Å². The normalized spacial score (nSPS) is 18.2. The summed E-state index contributed by atoms with van der Waals surface area (Å²) >= 11 is 1.07. The molecular formula is C37H41F4N5O5S. The number of nitrogens with zero attached hydrogens (tertiary/aromatic N) is 1. The number of alkyl halides is 3. The summed E-state index contributed by atoms with van der Waals surface area (Å²) in [5.74, 6) is -4.39. The van der Waals surface area contributed by atoms with Gasteiger partial charge in [0.1, 0.15) is 22.4 Å². The molecule has 2 heterocycles. The van der Waals surface area contributed by atoms with Crippen LogP contribution in [0.3, 0.4) is 0 Å². The lowest BCUT2D eigenvalue weighted by Crippen LogP contribution is -2.65. The number of carboxylic acids is 1. The molecule has 5 rings (SSSR count). The fourth-order valence-electron chi connectivity index (χ4n) is 6.61. The Morgan fingerprint density at radius 1 is 1.02 bits per heavy atom. The number of carbonyl (C=O) groups excluding carboxylic acids is 3. The Hall–Kier alpha value is -4.79. The zero-order valence-electron chi connectivity index (χ0n) is 29.1. The Kier molecular flexibility index (Phi) is 11.4. The van der Waals surface area contributed by atoms with Gasteiger partial charge in [-0.1, -0.05) is 70.9 Å². The number of thiazole rings is 1. The van der Waals surface area contributed by atoms with Crippen LogP contribution in [0.2, 0.25) is 0 Å². The van der Waals surface area contributed by atoms with Gasteiger partial charge in [-0.05, 0) is 47.9 Å². The number of carboxylic acid groups (broad SMARTS) is 1. The van der Waals surface area contributed by atoms with Gasteiger partial charge in [0.25, 0.3) is 0 Å². The first-order chi connectivity index (χ1) is 24.6. The molecule has 3 amide bonds. The van der Waals surface area contributed by atoms with Crippen molar-refractivity contribution in [2.24, 2.45) is 11.8 Å². The van der Waals surface area contributed by atoms with E-state index in [0.717, 1.165) is 17.4 Å². The van der Waals surface area contributed by atoms with Crippen LogP contribution in [0.15, 0.2) is 47.8 Å². The van der Waals surface area contributed by atoms with E-state index in [4.69, 9.17) is 0 Å². The van der Waals surface area contributed by atoms with Crippen molar-refractivity contribution in [1.82, 2.24) is 25.9 Å². The lowest BCUT2D eigenvalue weighted by Gasteiger charge is -2.39. The van der Waals surface area contributed by atoms with E-state index < -0.39 is 64.8 Å². The molecule has 10 nitrogen and oxygen atoms in total. The zero-order chi connectivity index (χ0) is 38.0. The van der Waals surface area contributed by atoms with E-state index in [0.29, 0.717) is 29.1 Å². The molecule has 0 aliphatic heterocycles. The molecule has 0 spiro atoms. The molecule has 15 heteroatoms. The van der Waals surface area contributed by atoms with Crippen molar-refractivity contribution >= 4 is 45.9 Å². The molecule has 0 radical (unpaired) electrons. The van der Waals surface area contributed by atoms with E-state index in [2.05, 4.69) is 25.9 Å².